The van der Waals surface area contributed by atoms with Crippen LogP contribution in [0.1, 0.15) is 70.7 Å². The van der Waals surface area contributed by atoms with Crippen LogP contribution in [0.5, 0.6) is 0 Å². The van der Waals surface area contributed by atoms with Gasteiger partial charge in [0.15, 0.2) is 5.60 Å². The number of likely N-dealkylation sites (tertiary alicyclic amines) is 1. The zero-order chi connectivity index (χ0) is 23.3. The van der Waals surface area contributed by atoms with Crippen LogP contribution in [0.3, 0.4) is 0 Å². The van der Waals surface area contributed by atoms with E-state index in [0.29, 0.717) is 12.5 Å². The molecule has 7 nitrogen and oxygen atoms in total. The first-order valence-corrected chi connectivity index (χ1v) is 12.9. The molecule has 3 aromatic rings. The minimum atomic E-state index is -0.331. The lowest BCUT2D eigenvalue weighted by molar-refractivity contribution is -0.133. The Kier molecular flexibility index (Phi) is 5.28. The third-order valence-electron chi connectivity index (χ3n) is 7.57. The van der Waals surface area contributed by atoms with Gasteiger partial charge < -0.3 is 9.74 Å². The molecule has 0 radical (unpaired) electrons. The number of amides is 1. The van der Waals surface area contributed by atoms with Crippen LogP contribution < -0.4 is 0 Å². The second-order valence-corrected chi connectivity index (χ2v) is 10.7. The number of oxime groups is 1. The fourth-order valence-electron chi connectivity index (χ4n) is 5.76. The molecule has 2 atom stereocenters. The van der Waals surface area contributed by atoms with Crippen molar-refractivity contribution in [1.82, 2.24) is 19.7 Å². The van der Waals surface area contributed by atoms with E-state index in [0.717, 1.165) is 55.9 Å². The number of carbonyl (C=O) groups is 1. The molecule has 1 spiro atoms. The lowest BCUT2D eigenvalue weighted by Gasteiger charge is -2.31. The zero-order valence-corrected chi connectivity index (χ0v) is 20.4. The SMILES string of the molecule is Cc1cc(C)n(CC(=O)N2CCC(c3nc(C4C[C@@]5(CC=NO5)c5ccccc54)cs3)CC2)n1. The summed E-state index contributed by atoms with van der Waals surface area (Å²) >= 11 is 1.76. The van der Waals surface area contributed by atoms with E-state index in [1.165, 1.54) is 16.1 Å². The van der Waals surface area contributed by atoms with Crippen LogP contribution >= 0.6 is 11.3 Å². The maximum Gasteiger partial charge on any atom is 0.244 e. The van der Waals surface area contributed by atoms with Gasteiger partial charge in [0.1, 0.15) is 6.54 Å². The molecule has 8 heteroatoms. The molecule has 176 valence electrons. The fourth-order valence-corrected chi connectivity index (χ4v) is 6.80. The number of hydrogen-bond donors (Lipinski definition) is 0. The molecule has 1 aromatic carbocycles. The zero-order valence-electron chi connectivity index (χ0n) is 19.6. The van der Waals surface area contributed by atoms with Crippen molar-refractivity contribution in [2.45, 2.75) is 63.5 Å². The molecule has 6 rings (SSSR count). The van der Waals surface area contributed by atoms with Crippen molar-refractivity contribution in [2.24, 2.45) is 5.16 Å². The highest BCUT2D eigenvalue weighted by atomic mass is 32.1. The Morgan fingerprint density at radius 3 is 2.79 bits per heavy atom. The monoisotopic (exact) mass is 475 g/mol. The van der Waals surface area contributed by atoms with Gasteiger partial charge >= 0.3 is 0 Å². The number of fused-ring (bicyclic) bond motifs is 2. The Balaban J connectivity index is 1.12. The van der Waals surface area contributed by atoms with Crippen molar-refractivity contribution in [1.29, 1.82) is 0 Å². The molecule has 0 N–H and O–H groups in total. The molecule has 1 amide bonds. The smallest absolute Gasteiger partial charge is 0.244 e. The molecule has 0 bridgehead atoms. The molecule has 1 unspecified atom stereocenters. The molecule has 3 aliphatic rings. The number of benzene rings is 1. The molecule has 2 aliphatic heterocycles. The fraction of sp³-hybridized carbons (Fsp3) is 0.462. The number of aromatic nitrogens is 3. The van der Waals surface area contributed by atoms with Crippen molar-refractivity contribution in [2.75, 3.05) is 13.1 Å². The Bertz CT molecular complexity index is 1250. The van der Waals surface area contributed by atoms with Gasteiger partial charge in [-0.3, -0.25) is 9.48 Å². The number of thiazole rings is 1. The summed E-state index contributed by atoms with van der Waals surface area (Å²) in [5, 5.41) is 12.0. The first kappa shape index (κ1) is 21.5. The van der Waals surface area contributed by atoms with Crippen molar-refractivity contribution in [3.8, 4) is 0 Å². The summed E-state index contributed by atoms with van der Waals surface area (Å²) in [6.45, 7) is 5.83. The summed E-state index contributed by atoms with van der Waals surface area (Å²) < 4.78 is 1.81. The van der Waals surface area contributed by atoms with Gasteiger partial charge in [0.2, 0.25) is 5.91 Å². The number of rotatable bonds is 4. The topological polar surface area (TPSA) is 72.6 Å². The van der Waals surface area contributed by atoms with Crippen LogP contribution in [0.2, 0.25) is 0 Å². The van der Waals surface area contributed by atoms with E-state index in [4.69, 9.17) is 9.82 Å². The van der Waals surface area contributed by atoms with Gasteiger partial charge in [-0.15, -0.1) is 11.3 Å². The summed E-state index contributed by atoms with van der Waals surface area (Å²) in [6, 6.07) is 10.6. The number of hydrogen-bond acceptors (Lipinski definition) is 6. The second kappa shape index (κ2) is 8.34. The van der Waals surface area contributed by atoms with Crippen LogP contribution in [0.4, 0.5) is 0 Å². The van der Waals surface area contributed by atoms with Gasteiger partial charge in [-0.2, -0.15) is 5.10 Å². The molecule has 34 heavy (non-hydrogen) atoms. The summed E-state index contributed by atoms with van der Waals surface area (Å²) in [7, 11) is 0. The normalized spacial score (nSPS) is 24.1. The van der Waals surface area contributed by atoms with Gasteiger partial charge in [-0.1, -0.05) is 29.4 Å². The van der Waals surface area contributed by atoms with E-state index in [2.05, 4.69) is 39.9 Å². The molecular weight excluding hydrogens is 446 g/mol. The lowest BCUT2D eigenvalue weighted by Crippen LogP contribution is -2.40. The van der Waals surface area contributed by atoms with Crippen molar-refractivity contribution < 1.29 is 9.63 Å². The van der Waals surface area contributed by atoms with Crippen molar-refractivity contribution >= 4 is 23.5 Å². The Hall–Kier alpha value is -3.00. The summed E-state index contributed by atoms with van der Waals surface area (Å²) in [6.07, 6.45) is 5.50. The number of piperidine rings is 1. The molecule has 1 saturated heterocycles. The average molecular weight is 476 g/mol. The van der Waals surface area contributed by atoms with Gasteiger partial charge in [0.05, 0.1) is 16.4 Å². The predicted molar refractivity (Wildman–Crippen MR) is 131 cm³/mol. The van der Waals surface area contributed by atoms with Crippen LogP contribution in [-0.4, -0.2) is 44.9 Å². The Morgan fingerprint density at radius 1 is 1.24 bits per heavy atom. The summed E-state index contributed by atoms with van der Waals surface area (Å²) in [4.78, 5) is 25.8. The maximum absolute atomic E-state index is 12.8. The quantitative estimate of drug-likeness (QED) is 0.557. The van der Waals surface area contributed by atoms with E-state index < -0.39 is 0 Å². The highest BCUT2D eigenvalue weighted by Crippen LogP contribution is 2.52. The van der Waals surface area contributed by atoms with E-state index in [9.17, 15) is 4.79 Å². The summed E-state index contributed by atoms with van der Waals surface area (Å²) in [5.41, 5.74) is 5.36. The Morgan fingerprint density at radius 2 is 2.06 bits per heavy atom. The maximum atomic E-state index is 12.8. The van der Waals surface area contributed by atoms with E-state index in [1.54, 1.807) is 11.3 Å². The predicted octanol–water partition coefficient (Wildman–Crippen LogP) is 4.50. The van der Waals surface area contributed by atoms with Gasteiger partial charge in [0.25, 0.3) is 0 Å². The molecule has 2 aromatic heterocycles. The molecule has 0 saturated carbocycles. The minimum Gasteiger partial charge on any atom is -0.384 e. The van der Waals surface area contributed by atoms with Gasteiger partial charge in [0, 0.05) is 60.6 Å². The first-order chi connectivity index (χ1) is 16.5. The number of aryl methyl sites for hydroxylation is 2. The first-order valence-electron chi connectivity index (χ1n) is 12.1. The standard InChI is InChI=1S/C26H29N5O2S/c1-17-13-18(2)31(29-17)15-24(32)30-11-7-19(8-12-30)25-28-23(16-34-25)21-14-26(9-10-27-33-26)22-6-4-3-5-20(21)22/h3-6,10,13,16,19,21H,7-9,11-12,14-15H2,1-2H3/t21?,26-/m0/s1. The number of carbonyl (C=O) groups excluding carboxylic acids is 1. The Labute approximate surface area is 203 Å². The minimum absolute atomic E-state index is 0.149. The van der Waals surface area contributed by atoms with Crippen LogP contribution in [-0.2, 0) is 21.8 Å². The third-order valence-corrected chi connectivity index (χ3v) is 8.59. The van der Waals surface area contributed by atoms with Crippen LogP contribution in [0.25, 0.3) is 0 Å². The highest BCUT2D eigenvalue weighted by Gasteiger charge is 2.48. The van der Waals surface area contributed by atoms with Gasteiger partial charge in [-0.25, -0.2) is 4.98 Å². The second-order valence-electron chi connectivity index (χ2n) is 9.77. The summed E-state index contributed by atoms with van der Waals surface area (Å²) in [5.74, 6) is 0.801. The van der Waals surface area contributed by atoms with Crippen LogP contribution in [0.15, 0.2) is 40.9 Å². The highest BCUT2D eigenvalue weighted by molar-refractivity contribution is 7.09. The van der Waals surface area contributed by atoms with Crippen LogP contribution in [0, 0.1) is 13.8 Å². The average Bonchev–Trinajstić information content (AvgIpc) is 3.63. The van der Waals surface area contributed by atoms with Crippen molar-refractivity contribution in [3.05, 3.63) is 68.9 Å². The molecular formula is C26H29N5O2S. The number of nitrogens with zero attached hydrogens (tertiary/aromatic N) is 5. The van der Waals surface area contributed by atoms with Crippen molar-refractivity contribution in [3.63, 3.8) is 0 Å². The van der Waals surface area contributed by atoms with Gasteiger partial charge in [-0.05, 0) is 38.3 Å². The third kappa shape index (κ3) is 3.64. The lowest BCUT2D eigenvalue weighted by atomic mass is 9.92. The molecule has 1 aliphatic carbocycles. The van der Waals surface area contributed by atoms with E-state index in [1.807, 2.05) is 35.7 Å². The van der Waals surface area contributed by atoms with E-state index >= 15 is 0 Å². The molecule has 4 heterocycles. The molecule has 1 fully saturated rings. The largest absolute Gasteiger partial charge is 0.384 e. The van der Waals surface area contributed by atoms with E-state index in [-0.39, 0.29) is 17.4 Å².